The van der Waals surface area contributed by atoms with Crippen molar-refractivity contribution >= 4 is 45.3 Å². The molecule has 0 saturated carbocycles. The molecule has 11 heteroatoms. The first-order valence-corrected chi connectivity index (χ1v) is 20.2. The lowest BCUT2D eigenvalue weighted by Crippen LogP contribution is -2.59. The van der Waals surface area contributed by atoms with Gasteiger partial charge in [0.2, 0.25) is 11.8 Å². The van der Waals surface area contributed by atoms with Gasteiger partial charge in [-0.2, -0.15) is 0 Å². The summed E-state index contributed by atoms with van der Waals surface area (Å²) in [5.41, 5.74) is 2.65. The van der Waals surface area contributed by atoms with Crippen molar-refractivity contribution in [3.8, 4) is 0 Å². The summed E-state index contributed by atoms with van der Waals surface area (Å²) in [4.78, 5) is 62.8. The second-order valence-corrected chi connectivity index (χ2v) is 16.5. The van der Waals surface area contributed by atoms with Crippen LogP contribution < -0.4 is 4.90 Å². The Kier molecular flexibility index (Phi) is 12.7. The van der Waals surface area contributed by atoms with Gasteiger partial charge in [0, 0.05) is 30.5 Å². The number of benzene rings is 3. The molecule has 3 aromatic rings. The Balaban J connectivity index is 1.42. The Labute approximate surface area is 338 Å². The maximum absolute atomic E-state index is 15.4. The van der Waals surface area contributed by atoms with E-state index >= 15 is 9.59 Å². The van der Waals surface area contributed by atoms with Gasteiger partial charge in [0.1, 0.15) is 17.7 Å². The number of aliphatic hydroxyl groups is 1. The van der Waals surface area contributed by atoms with E-state index in [2.05, 4.69) is 29.1 Å². The highest BCUT2D eigenvalue weighted by Crippen LogP contribution is 2.61. The third-order valence-corrected chi connectivity index (χ3v) is 12.6. The van der Waals surface area contributed by atoms with Gasteiger partial charge in [0.05, 0.1) is 36.6 Å². The molecule has 10 nitrogen and oxygen atoms in total. The SMILES string of the molecule is C=CCCC(=O)N(C)[C@H](C)[C@H](OC(=O)[C@@H]1[C@H]2O[C@@]3(CC2Br)[C@H](C(=O)N(CC=C)c2cc(C)ccc2C)N([C@@H](CO)Cc2ccccc2)C(=O)[C@@H]13)c1ccccc1. The Bertz CT molecular complexity index is 1940. The number of fused-ring (bicyclic) bond motifs is 1. The minimum atomic E-state index is -1.41. The first-order chi connectivity index (χ1) is 26.9. The molecule has 1 spiro atoms. The van der Waals surface area contributed by atoms with E-state index in [1.807, 2.05) is 99.6 Å². The maximum Gasteiger partial charge on any atom is 0.313 e. The van der Waals surface area contributed by atoms with Crippen molar-refractivity contribution in [2.45, 2.75) is 87.2 Å². The van der Waals surface area contributed by atoms with Crippen molar-refractivity contribution in [3.05, 3.63) is 126 Å². The molecule has 1 unspecified atom stereocenters. The average Bonchev–Trinajstić information content (AvgIpc) is 3.81. The van der Waals surface area contributed by atoms with Gasteiger partial charge in [-0.25, -0.2) is 0 Å². The van der Waals surface area contributed by atoms with E-state index in [-0.39, 0.29) is 42.4 Å². The lowest BCUT2D eigenvalue weighted by Gasteiger charge is -2.39. The van der Waals surface area contributed by atoms with Crippen molar-refractivity contribution in [2.24, 2.45) is 11.8 Å². The predicted molar refractivity (Wildman–Crippen MR) is 219 cm³/mol. The standard InChI is InChI=1S/C45H52BrN3O7/c1-7-9-20-36(51)47(6)30(5)39(32-18-14-11-15-19-32)55-44(54)37-38-42(52)49(33(27-50)25-31-16-12-10-13-17-31)41(45(38)26-34(46)40(37)56-45)43(53)48(23-8-2)35-24-28(3)21-22-29(35)4/h7-8,10-19,21-22,24,30,33-34,37-41,50H,1-2,9,20,23,25-27H2,3-6H3/t30-,33-,34?,37+,38-,39+,40+,41+,45-/m1/s1. The van der Waals surface area contributed by atoms with E-state index in [4.69, 9.17) is 9.47 Å². The highest BCUT2D eigenvalue weighted by molar-refractivity contribution is 9.09. The topological polar surface area (TPSA) is 117 Å². The zero-order chi connectivity index (χ0) is 40.3. The van der Waals surface area contributed by atoms with Gasteiger partial charge in [-0.1, -0.05) is 101 Å². The fraction of sp³-hybridized carbons (Fsp3) is 0.422. The van der Waals surface area contributed by atoms with Crippen LogP contribution in [0, 0.1) is 25.7 Å². The molecular formula is C45H52BrN3O7. The molecule has 6 rings (SSSR count). The number of ether oxygens (including phenoxy) is 2. The quantitative estimate of drug-likeness (QED) is 0.103. The third-order valence-electron chi connectivity index (χ3n) is 11.8. The molecule has 3 fully saturated rings. The van der Waals surface area contributed by atoms with Crippen molar-refractivity contribution in [3.63, 3.8) is 0 Å². The number of likely N-dealkylation sites (N-methyl/N-ethyl adjacent to an activating group) is 1. The number of hydrogen-bond donors (Lipinski definition) is 1. The molecule has 3 aromatic carbocycles. The Morgan fingerprint density at radius 1 is 1.05 bits per heavy atom. The van der Waals surface area contributed by atoms with Gasteiger partial charge in [0.15, 0.2) is 0 Å². The highest BCUT2D eigenvalue weighted by Gasteiger charge is 2.77. The molecule has 0 aliphatic carbocycles. The Hall–Kier alpha value is -4.58. The summed E-state index contributed by atoms with van der Waals surface area (Å²) in [5.74, 6) is -3.75. The molecule has 2 bridgehead atoms. The van der Waals surface area contributed by atoms with Crippen LogP contribution in [0.5, 0.6) is 0 Å². The molecule has 0 aromatic heterocycles. The number of aliphatic hydroxyl groups excluding tert-OH is 1. The fourth-order valence-electron chi connectivity index (χ4n) is 8.86. The van der Waals surface area contributed by atoms with Crippen LogP contribution in [0.2, 0.25) is 0 Å². The average molecular weight is 827 g/mol. The summed E-state index contributed by atoms with van der Waals surface area (Å²) < 4.78 is 13.3. The number of alkyl halides is 1. The lowest BCUT2D eigenvalue weighted by molar-refractivity contribution is -0.165. The number of hydrogen-bond acceptors (Lipinski definition) is 7. The van der Waals surface area contributed by atoms with Crippen LogP contribution in [-0.2, 0) is 35.1 Å². The first-order valence-electron chi connectivity index (χ1n) is 19.3. The van der Waals surface area contributed by atoms with Crippen LogP contribution >= 0.6 is 15.9 Å². The van der Waals surface area contributed by atoms with Gasteiger partial charge in [0.25, 0.3) is 5.91 Å². The molecule has 1 N–H and O–H groups in total. The zero-order valence-electron chi connectivity index (χ0n) is 32.6. The summed E-state index contributed by atoms with van der Waals surface area (Å²) in [7, 11) is 1.69. The van der Waals surface area contributed by atoms with Crippen molar-refractivity contribution in [1.29, 1.82) is 0 Å². The summed E-state index contributed by atoms with van der Waals surface area (Å²) >= 11 is 3.79. The van der Waals surface area contributed by atoms with Gasteiger partial charge in [-0.3, -0.25) is 19.2 Å². The van der Waals surface area contributed by atoms with Gasteiger partial charge >= 0.3 is 5.97 Å². The second kappa shape index (κ2) is 17.3. The summed E-state index contributed by atoms with van der Waals surface area (Å²) in [6, 6.07) is 22.0. The minimum Gasteiger partial charge on any atom is -0.455 e. The Morgan fingerprint density at radius 2 is 1.73 bits per heavy atom. The smallest absolute Gasteiger partial charge is 0.313 e. The van der Waals surface area contributed by atoms with Crippen molar-refractivity contribution in [1.82, 2.24) is 9.80 Å². The number of carbonyl (C=O) groups excluding carboxylic acids is 4. The molecule has 3 heterocycles. The lowest BCUT2D eigenvalue weighted by atomic mass is 9.70. The molecule has 3 saturated heterocycles. The van der Waals surface area contributed by atoms with Crippen LogP contribution in [0.4, 0.5) is 5.69 Å². The molecule has 0 radical (unpaired) electrons. The van der Waals surface area contributed by atoms with Crippen LogP contribution in [0.3, 0.4) is 0 Å². The van der Waals surface area contributed by atoms with E-state index in [1.165, 1.54) is 4.90 Å². The van der Waals surface area contributed by atoms with Crippen LogP contribution in [0.25, 0.3) is 0 Å². The molecular weight excluding hydrogens is 774 g/mol. The normalized spacial score (nSPS) is 25.2. The van der Waals surface area contributed by atoms with E-state index < -0.39 is 66.3 Å². The van der Waals surface area contributed by atoms with Crippen LogP contribution in [0.15, 0.2) is 104 Å². The fourth-order valence-corrected chi connectivity index (χ4v) is 9.81. The zero-order valence-corrected chi connectivity index (χ0v) is 34.1. The monoisotopic (exact) mass is 825 g/mol. The predicted octanol–water partition coefficient (Wildman–Crippen LogP) is 6.27. The number of amides is 3. The van der Waals surface area contributed by atoms with Gasteiger partial charge in [-0.15, -0.1) is 13.2 Å². The highest BCUT2D eigenvalue weighted by atomic mass is 79.9. The molecule has 56 heavy (non-hydrogen) atoms. The van der Waals surface area contributed by atoms with E-state index in [1.54, 1.807) is 29.0 Å². The molecule has 3 amide bonds. The van der Waals surface area contributed by atoms with Crippen molar-refractivity contribution in [2.75, 3.05) is 25.1 Å². The largest absolute Gasteiger partial charge is 0.455 e. The molecule has 9 atom stereocenters. The number of anilines is 1. The van der Waals surface area contributed by atoms with Gasteiger partial charge in [-0.05, 0) is 68.4 Å². The third kappa shape index (κ3) is 7.61. The minimum absolute atomic E-state index is 0.124. The van der Waals surface area contributed by atoms with E-state index in [0.717, 1.165) is 16.7 Å². The Morgan fingerprint density at radius 3 is 2.38 bits per heavy atom. The number of rotatable bonds is 16. The molecule has 3 aliphatic rings. The van der Waals surface area contributed by atoms with Crippen LogP contribution in [0.1, 0.15) is 54.5 Å². The van der Waals surface area contributed by atoms with Crippen LogP contribution in [-0.4, -0.2) is 93.5 Å². The number of halogens is 1. The summed E-state index contributed by atoms with van der Waals surface area (Å²) in [6.45, 7) is 13.1. The number of likely N-dealkylation sites (tertiary alicyclic amines) is 1. The van der Waals surface area contributed by atoms with Gasteiger partial charge < -0.3 is 29.3 Å². The van der Waals surface area contributed by atoms with E-state index in [9.17, 15) is 14.7 Å². The summed E-state index contributed by atoms with van der Waals surface area (Å²) in [6.07, 6.45) is 3.01. The van der Waals surface area contributed by atoms with E-state index in [0.29, 0.717) is 17.7 Å². The number of esters is 1. The summed E-state index contributed by atoms with van der Waals surface area (Å²) in [5, 5.41) is 11.0. The van der Waals surface area contributed by atoms with Crippen molar-refractivity contribution < 1.29 is 33.8 Å². The second-order valence-electron chi connectivity index (χ2n) is 15.3. The number of nitrogens with zero attached hydrogens (tertiary/aromatic N) is 3. The number of allylic oxidation sites excluding steroid dienone is 1. The molecule has 3 aliphatic heterocycles. The molecule has 296 valence electrons. The first kappa shape index (κ1) is 41.1. The number of aryl methyl sites for hydroxylation is 2. The number of carbonyl (C=O) groups is 4. The maximum atomic E-state index is 15.4.